The van der Waals surface area contributed by atoms with Gasteiger partial charge >= 0.3 is 16.5 Å². The van der Waals surface area contributed by atoms with Crippen LogP contribution in [0.25, 0.3) is 21.8 Å². The first-order valence-corrected chi connectivity index (χ1v) is 8.43. The van der Waals surface area contributed by atoms with E-state index in [0.29, 0.717) is 0 Å². The fourth-order valence-corrected chi connectivity index (χ4v) is 2.92. The molecule has 0 fully saturated rings. The minimum Gasteiger partial charge on any atom is -0.778 e. The SMILES string of the molecule is Cc1ccc2cccc([S-])c2n1.Cc1ccc2cccc([S-])c2n1.[Ni+2]. The van der Waals surface area contributed by atoms with Gasteiger partial charge in [-0.25, -0.2) is 0 Å². The molecule has 4 aromatic rings. The Morgan fingerprint density at radius 1 is 0.600 bits per heavy atom. The predicted octanol–water partition coefficient (Wildman–Crippen LogP) is 4.90. The molecule has 2 aromatic heterocycles. The largest absolute Gasteiger partial charge is 2.00 e. The van der Waals surface area contributed by atoms with Gasteiger partial charge in [0.15, 0.2) is 0 Å². The molecule has 0 spiro atoms. The number of hydrogen-bond acceptors (Lipinski definition) is 4. The summed E-state index contributed by atoms with van der Waals surface area (Å²) in [6.45, 7) is 3.95. The maximum Gasteiger partial charge on any atom is 2.00 e. The molecule has 0 aliphatic heterocycles. The number of aryl methyl sites for hydroxylation is 2. The second-order valence-corrected chi connectivity index (χ2v) is 6.44. The molecule has 4 rings (SSSR count). The van der Waals surface area contributed by atoms with E-state index in [-0.39, 0.29) is 16.5 Å². The molecule has 0 aliphatic carbocycles. The van der Waals surface area contributed by atoms with Crippen molar-refractivity contribution in [3.8, 4) is 0 Å². The van der Waals surface area contributed by atoms with E-state index in [1.54, 1.807) is 0 Å². The second-order valence-electron chi connectivity index (χ2n) is 5.56. The van der Waals surface area contributed by atoms with Crippen LogP contribution in [0.15, 0.2) is 70.5 Å². The molecule has 25 heavy (non-hydrogen) atoms. The molecule has 128 valence electrons. The number of aromatic nitrogens is 2. The van der Waals surface area contributed by atoms with Crippen molar-refractivity contribution in [3.63, 3.8) is 0 Å². The van der Waals surface area contributed by atoms with Crippen LogP contribution in [0.3, 0.4) is 0 Å². The summed E-state index contributed by atoms with van der Waals surface area (Å²) in [4.78, 5) is 10.4. The molecular weight excluding hydrogens is 391 g/mol. The van der Waals surface area contributed by atoms with E-state index in [2.05, 4.69) is 9.97 Å². The smallest absolute Gasteiger partial charge is 0.778 e. The maximum atomic E-state index is 5.15. The number of para-hydroxylation sites is 2. The first kappa shape index (κ1) is 19.5. The Morgan fingerprint density at radius 3 is 1.40 bits per heavy atom. The van der Waals surface area contributed by atoms with Gasteiger partial charge in [-0.05, 0) is 36.8 Å². The van der Waals surface area contributed by atoms with E-state index in [1.165, 1.54) is 0 Å². The molecule has 0 saturated carbocycles. The maximum absolute atomic E-state index is 5.15. The summed E-state index contributed by atoms with van der Waals surface area (Å²) < 4.78 is 0. The third-order valence-electron chi connectivity index (χ3n) is 3.64. The van der Waals surface area contributed by atoms with Crippen molar-refractivity contribution >= 4 is 47.1 Å². The van der Waals surface area contributed by atoms with E-state index >= 15 is 0 Å². The molecule has 2 nitrogen and oxygen atoms in total. The molecule has 0 saturated heterocycles. The van der Waals surface area contributed by atoms with Crippen LogP contribution in [0.2, 0.25) is 0 Å². The molecule has 0 bridgehead atoms. The number of benzene rings is 2. The Labute approximate surface area is 168 Å². The first-order valence-electron chi connectivity index (χ1n) is 7.61. The number of nitrogens with zero attached hydrogens (tertiary/aromatic N) is 2. The summed E-state index contributed by atoms with van der Waals surface area (Å²) in [6.07, 6.45) is 0. The number of rotatable bonds is 0. The Bertz CT molecular complexity index is 936. The van der Waals surface area contributed by atoms with E-state index in [1.807, 2.05) is 74.5 Å². The first-order chi connectivity index (χ1) is 11.5. The average molecular weight is 407 g/mol. The Hall–Kier alpha value is -1.81. The van der Waals surface area contributed by atoms with Gasteiger partial charge in [0.25, 0.3) is 0 Å². The third kappa shape index (κ3) is 4.63. The van der Waals surface area contributed by atoms with Crippen molar-refractivity contribution in [2.45, 2.75) is 23.6 Å². The van der Waals surface area contributed by atoms with Crippen LogP contribution in [0.4, 0.5) is 0 Å². The van der Waals surface area contributed by atoms with Gasteiger partial charge in [-0.3, -0.25) is 9.97 Å². The zero-order valence-electron chi connectivity index (χ0n) is 13.8. The minimum absolute atomic E-state index is 0. The fourth-order valence-electron chi connectivity index (χ4n) is 2.43. The molecule has 0 aliphatic rings. The summed E-state index contributed by atoms with van der Waals surface area (Å²) in [5.74, 6) is 0. The molecule has 2 heterocycles. The molecule has 0 N–H and O–H groups in total. The molecule has 5 heteroatoms. The van der Waals surface area contributed by atoms with Crippen LogP contribution < -0.4 is 0 Å². The van der Waals surface area contributed by atoms with E-state index in [9.17, 15) is 0 Å². The number of fused-ring (bicyclic) bond motifs is 2. The minimum atomic E-state index is 0. The summed E-state index contributed by atoms with van der Waals surface area (Å²) >= 11 is 10.3. The summed E-state index contributed by atoms with van der Waals surface area (Å²) in [6, 6.07) is 19.9. The van der Waals surface area contributed by atoms with Crippen molar-refractivity contribution < 1.29 is 16.5 Å². The molecule has 0 amide bonds. The summed E-state index contributed by atoms with van der Waals surface area (Å²) in [5.41, 5.74) is 3.90. The van der Waals surface area contributed by atoms with Gasteiger partial charge in [0.2, 0.25) is 0 Å². The van der Waals surface area contributed by atoms with Crippen molar-refractivity contribution in [3.05, 3.63) is 72.1 Å². The van der Waals surface area contributed by atoms with Crippen LogP contribution in [0.5, 0.6) is 0 Å². The van der Waals surface area contributed by atoms with E-state index in [4.69, 9.17) is 25.3 Å². The molecule has 0 atom stereocenters. The van der Waals surface area contributed by atoms with Gasteiger partial charge in [0, 0.05) is 11.4 Å². The van der Waals surface area contributed by atoms with Crippen molar-refractivity contribution in [1.82, 2.24) is 9.97 Å². The molecular formula is C20H16N2NiS2. The van der Waals surface area contributed by atoms with Gasteiger partial charge in [0.05, 0.1) is 11.0 Å². The molecule has 0 unspecified atom stereocenters. The van der Waals surface area contributed by atoms with Crippen LogP contribution in [0, 0.1) is 13.8 Å². The fraction of sp³-hybridized carbons (Fsp3) is 0.100. The van der Waals surface area contributed by atoms with E-state index < -0.39 is 0 Å². The topological polar surface area (TPSA) is 25.8 Å². The number of hydrogen-bond donors (Lipinski definition) is 0. The summed E-state index contributed by atoms with van der Waals surface area (Å²) in [7, 11) is 0. The van der Waals surface area contributed by atoms with Gasteiger partial charge in [-0.1, -0.05) is 48.5 Å². The van der Waals surface area contributed by atoms with Crippen molar-refractivity contribution in [1.29, 1.82) is 0 Å². The quantitative estimate of drug-likeness (QED) is 0.306. The van der Waals surface area contributed by atoms with Crippen LogP contribution in [-0.2, 0) is 41.7 Å². The zero-order valence-corrected chi connectivity index (χ0v) is 16.4. The van der Waals surface area contributed by atoms with Gasteiger partial charge in [0.1, 0.15) is 0 Å². The van der Waals surface area contributed by atoms with Crippen molar-refractivity contribution in [2.24, 2.45) is 0 Å². The van der Waals surface area contributed by atoms with Gasteiger partial charge < -0.3 is 25.3 Å². The van der Waals surface area contributed by atoms with Crippen LogP contribution in [-0.4, -0.2) is 9.97 Å². The monoisotopic (exact) mass is 406 g/mol. The zero-order chi connectivity index (χ0) is 17.1. The van der Waals surface area contributed by atoms with Crippen LogP contribution >= 0.6 is 0 Å². The number of pyridine rings is 2. The third-order valence-corrected chi connectivity index (χ3v) is 4.30. The Kier molecular flexibility index (Phi) is 6.66. The predicted molar refractivity (Wildman–Crippen MR) is 104 cm³/mol. The summed E-state index contributed by atoms with van der Waals surface area (Å²) in [5, 5.41) is 2.24. The van der Waals surface area contributed by atoms with Crippen molar-refractivity contribution in [2.75, 3.05) is 0 Å². The normalized spacial score (nSPS) is 10.0. The van der Waals surface area contributed by atoms with Crippen LogP contribution in [0.1, 0.15) is 11.4 Å². The molecule has 2 aromatic carbocycles. The standard InChI is InChI=1S/2C10H9NS.Ni/c2*1-7-5-6-8-3-2-4-9(12)10(8)11-7;/h2*2-6,12H,1H3;/q;;+2/p-2. The van der Waals surface area contributed by atoms with E-state index in [0.717, 1.165) is 43.0 Å². The Morgan fingerprint density at radius 2 is 1.00 bits per heavy atom. The average Bonchev–Trinajstić information content (AvgIpc) is 2.57. The Balaban J connectivity index is 0.000000173. The molecule has 0 radical (unpaired) electrons. The second kappa shape index (κ2) is 8.53. The van der Waals surface area contributed by atoms with Gasteiger partial charge in [-0.15, -0.1) is 9.79 Å². The van der Waals surface area contributed by atoms with Gasteiger partial charge in [-0.2, -0.15) is 0 Å².